The topological polar surface area (TPSA) is 46.6 Å². The smallest absolute Gasteiger partial charge is 0.309 e. The molecule has 0 aliphatic carbocycles. The Balaban J connectivity index is 2.04. The maximum absolute atomic E-state index is 12.1. The predicted molar refractivity (Wildman–Crippen MR) is 97.7 cm³/mol. The van der Waals surface area contributed by atoms with E-state index in [1.54, 1.807) is 11.8 Å². The first-order valence-electron chi connectivity index (χ1n) is 9.67. The number of carbonyl (C=O) groups excluding carboxylic acids is 2. The van der Waals surface area contributed by atoms with Gasteiger partial charge in [-0.1, -0.05) is 58.4 Å². The monoisotopic (exact) mass is 337 g/mol. The van der Waals surface area contributed by atoms with E-state index in [1.165, 1.54) is 38.5 Å². The number of carbonyl (C=O) groups is 2. The van der Waals surface area contributed by atoms with Gasteiger partial charge in [0.1, 0.15) is 0 Å². The maximum Gasteiger partial charge on any atom is 0.309 e. The highest BCUT2D eigenvalue weighted by Gasteiger charge is 2.28. The number of piperidine rings is 1. The van der Waals surface area contributed by atoms with E-state index >= 15 is 0 Å². The molecule has 0 unspecified atom stereocenters. The number of esters is 1. The van der Waals surface area contributed by atoms with Crippen molar-refractivity contribution in [3.05, 3.63) is 12.2 Å². The van der Waals surface area contributed by atoms with Gasteiger partial charge in [0, 0.05) is 18.7 Å². The minimum absolute atomic E-state index is 0.000698. The largest absolute Gasteiger partial charge is 0.465 e. The van der Waals surface area contributed by atoms with E-state index in [0.29, 0.717) is 38.1 Å². The van der Waals surface area contributed by atoms with E-state index in [-0.39, 0.29) is 17.8 Å². The van der Waals surface area contributed by atoms with E-state index in [2.05, 4.69) is 13.5 Å². The number of hydrogen-bond acceptors (Lipinski definition) is 3. The minimum atomic E-state index is -0.0830. The number of unbranched alkanes of at least 4 members (excludes halogenated alkanes) is 7. The number of ether oxygens (including phenoxy) is 1. The van der Waals surface area contributed by atoms with Gasteiger partial charge in [-0.2, -0.15) is 0 Å². The molecular formula is C20H35NO3. The first kappa shape index (κ1) is 20.7. The van der Waals surface area contributed by atoms with Gasteiger partial charge >= 0.3 is 5.97 Å². The Bertz CT molecular complexity index is 398. The Morgan fingerprint density at radius 2 is 1.54 bits per heavy atom. The average molecular weight is 338 g/mol. The molecule has 1 amide bonds. The molecule has 0 aromatic carbocycles. The summed E-state index contributed by atoms with van der Waals surface area (Å²) in [5.41, 5.74) is 0.561. The van der Waals surface area contributed by atoms with E-state index in [9.17, 15) is 9.59 Å². The normalized spacial score (nSPS) is 15.3. The third-order valence-corrected chi connectivity index (χ3v) is 4.72. The molecule has 0 N–H and O–H groups in total. The number of rotatable bonds is 11. The van der Waals surface area contributed by atoms with Crippen LogP contribution in [-0.4, -0.2) is 36.5 Å². The Morgan fingerprint density at radius 1 is 1.00 bits per heavy atom. The molecule has 0 atom stereocenters. The molecule has 1 aliphatic rings. The number of likely N-dealkylation sites (tertiary alicyclic amines) is 1. The zero-order chi connectivity index (χ0) is 17.8. The van der Waals surface area contributed by atoms with Crippen molar-refractivity contribution in [2.75, 3.05) is 19.7 Å². The standard InChI is InChI=1S/C20H35NO3/c1-4-5-6-7-8-9-10-11-16-24-20(23)18-12-14-21(15-13-18)19(22)17(2)3/h18H,2,4-16H2,1,3H3. The molecule has 1 heterocycles. The molecule has 0 saturated carbocycles. The van der Waals surface area contributed by atoms with Gasteiger partial charge in [-0.25, -0.2) is 0 Å². The Kier molecular flexibility index (Phi) is 10.4. The van der Waals surface area contributed by atoms with Crippen LogP contribution in [0.2, 0.25) is 0 Å². The second-order valence-corrected chi connectivity index (χ2v) is 6.99. The molecule has 138 valence electrons. The van der Waals surface area contributed by atoms with Crippen molar-refractivity contribution in [2.45, 2.75) is 78.1 Å². The van der Waals surface area contributed by atoms with E-state index in [1.807, 2.05) is 0 Å². The molecule has 1 saturated heterocycles. The lowest BCUT2D eigenvalue weighted by Crippen LogP contribution is -2.40. The van der Waals surface area contributed by atoms with Crippen LogP contribution in [0.25, 0.3) is 0 Å². The Hall–Kier alpha value is -1.32. The zero-order valence-corrected chi connectivity index (χ0v) is 15.6. The summed E-state index contributed by atoms with van der Waals surface area (Å²) in [6, 6.07) is 0. The molecule has 4 nitrogen and oxygen atoms in total. The van der Waals surface area contributed by atoms with Gasteiger partial charge in [0.15, 0.2) is 0 Å². The number of amides is 1. The van der Waals surface area contributed by atoms with Crippen LogP contribution in [0.5, 0.6) is 0 Å². The third kappa shape index (κ3) is 7.98. The molecule has 24 heavy (non-hydrogen) atoms. The number of hydrogen-bond donors (Lipinski definition) is 0. The molecule has 1 fully saturated rings. The van der Waals surface area contributed by atoms with E-state index in [4.69, 9.17) is 4.74 Å². The van der Waals surface area contributed by atoms with Crippen LogP contribution in [0.3, 0.4) is 0 Å². The van der Waals surface area contributed by atoms with Gasteiger partial charge in [-0.15, -0.1) is 0 Å². The lowest BCUT2D eigenvalue weighted by Gasteiger charge is -2.31. The fourth-order valence-corrected chi connectivity index (χ4v) is 3.11. The summed E-state index contributed by atoms with van der Waals surface area (Å²) in [4.78, 5) is 25.7. The molecule has 0 aromatic heterocycles. The van der Waals surface area contributed by atoms with Crippen molar-refractivity contribution in [2.24, 2.45) is 5.92 Å². The fourth-order valence-electron chi connectivity index (χ4n) is 3.11. The molecule has 0 spiro atoms. The average Bonchev–Trinajstić information content (AvgIpc) is 2.59. The SMILES string of the molecule is C=C(C)C(=O)N1CCC(C(=O)OCCCCCCCCCC)CC1. The fraction of sp³-hybridized carbons (Fsp3) is 0.800. The van der Waals surface area contributed by atoms with Crippen LogP contribution in [0.1, 0.15) is 78.1 Å². The lowest BCUT2D eigenvalue weighted by atomic mass is 9.96. The highest BCUT2D eigenvalue weighted by Crippen LogP contribution is 2.20. The minimum Gasteiger partial charge on any atom is -0.465 e. The van der Waals surface area contributed by atoms with E-state index in [0.717, 1.165) is 12.8 Å². The molecular weight excluding hydrogens is 302 g/mol. The van der Waals surface area contributed by atoms with Crippen molar-refractivity contribution in [3.63, 3.8) is 0 Å². The van der Waals surface area contributed by atoms with Gasteiger partial charge < -0.3 is 9.64 Å². The summed E-state index contributed by atoms with van der Waals surface area (Å²) >= 11 is 0. The van der Waals surface area contributed by atoms with Crippen LogP contribution in [0.15, 0.2) is 12.2 Å². The van der Waals surface area contributed by atoms with Crippen LogP contribution in [0, 0.1) is 5.92 Å². The molecule has 0 bridgehead atoms. The first-order valence-corrected chi connectivity index (χ1v) is 9.67. The van der Waals surface area contributed by atoms with Gasteiger partial charge in [-0.3, -0.25) is 9.59 Å². The highest BCUT2D eigenvalue weighted by molar-refractivity contribution is 5.92. The summed E-state index contributed by atoms with van der Waals surface area (Å²) in [6.45, 7) is 9.45. The van der Waals surface area contributed by atoms with Crippen molar-refractivity contribution in [1.29, 1.82) is 0 Å². The summed E-state index contributed by atoms with van der Waals surface area (Å²) < 4.78 is 5.41. The van der Waals surface area contributed by atoms with E-state index < -0.39 is 0 Å². The summed E-state index contributed by atoms with van der Waals surface area (Å²) in [5.74, 6) is -0.130. The van der Waals surface area contributed by atoms with Gasteiger partial charge in [-0.05, 0) is 26.2 Å². The van der Waals surface area contributed by atoms with Crippen molar-refractivity contribution in [3.8, 4) is 0 Å². The number of nitrogens with zero attached hydrogens (tertiary/aromatic N) is 1. The Morgan fingerprint density at radius 3 is 2.08 bits per heavy atom. The van der Waals surface area contributed by atoms with Gasteiger partial charge in [0.05, 0.1) is 12.5 Å². The van der Waals surface area contributed by atoms with Crippen LogP contribution in [0.4, 0.5) is 0 Å². The second-order valence-electron chi connectivity index (χ2n) is 6.99. The third-order valence-electron chi connectivity index (χ3n) is 4.72. The van der Waals surface area contributed by atoms with Crippen LogP contribution >= 0.6 is 0 Å². The predicted octanol–water partition coefficient (Wildman–Crippen LogP) is 4.49. The maximum atomic E-state index is 12.1. The molecule has 1 aliphatic heterocycles. The van der Waals surface area contributed by atoms with Gasteiger partial charge in [0.25, 0.3) is 0 Å². The molecule has 0 aromatic rings. The quantitative estimate of drug-likeness (QED) is 0.317. The summed E-state index contributed by atoms with van der Waals surface area (Å²) in [5, 5.41) is 0. The molecule has 4 heteroatoms. The van der Waals surface area contributed by atoms with Crippen molar-refractivity contribution < 1.29 is 14.3 Å². The zero-order valence-electron chi connectivity index (χ0n) is 15.6. The second kappa shape index (κ2) is 12.1. The lowest BCUT2D eigenvalue weighted by molar-refractivity contribution is -0.151. The van der Waals surface area contributed by atoms with Crippen molar-refractivity contribution >= 4 is 11.9 Å². The molecule has 0 radical (unpaired) electrons. The molecule has 1 rings (SSSR count). The van der Waals surface area contributed by atoms with Crippen LogP contribution in [-0.2, 0) is 14.3 Å². The first-order chi connectivity index (χ1) is 11.6. The van der Waals surface area contributed by atoms with Crippen molar-refractivity contribution in [1.82, 2.24) is 4.90 Å². The Labute approximate surface area is 147 Å². The summed E-state index contributed by atoms with van der Waals surface area (Å²) in [6.07, 6.45) is 11.4. The summed E-state index contributed by atoms with van der Waals surface area (Å²) in [7, 11) is 0. The highest BCUT2D eigenvalue weighted by atomic mass is 16.5. The van der Waals surface area contributed by atoms with Crippen LogP contribution < -0.4 is 0 Å². The van der Waals surface area contributed by atoms with Gasteiger partial charge in [0.2, 0.25) is 5.91 Å².